The number of hydrogen-bond acceptors (Lipinski definition) is 1. The first-order chi connectivity index (χ1) is 11.4. The number of H-pyrrole nitrogens is 1. The minimum atomic E-state index is -0.00624. The van der Waals surface area contributed by atoms with Crippen molar-refractivity contribution in [3.63, 3.8) is 0 Å². The molecule has 0 atom stereocenters. The molecular weight excluding hydrogens is 296 g/mol. The van der Waals surface area contributed by atoms with E-state index in [1.807, 2.05) is 26.8 Å². The van der Waals surface area contributed by atoms with Crippen LogP contribution in [0.5, 0.6) is 0 Å². The van der Waals surface area contributed by atoms with Crippen LogP contribution in [0.4, 0.5) is 0 Å². The van der Waals surface area contributed by atoms with Crippen LogP contribution in [-0.2, 0) is 13.5 Å². The van der Waals surface area contributed by atoms with Gasteiger partial charge in [0.05, 0.1) is 5.69 Å². The number of nitrogens with one attached hydrogen (secondary N) is 1. The first-order valence-electron chi connectivity index (χ1n) is 8.72. The zero-order chi connectivity index (χ0) is 18.0. The monoisotopic (exact) mass is 324 g/mol. The standard InChI is InChI=1S/C19H22N2O.C2H6/c1-6-14-9-11(2)19(22)20-18(14)15-7-8-17-16(10-15)12(3)13(4)21(17)5;1-2/h7-10H,6H2,1-5H3,(H,20,22);1-2H3. The molecule has 0 aliphatic rings. The number of hydrogen-bond donors (Lipinski definition) is 1. The molecule has 1 aromatic carbocycles. The number of aromatic nitrogens is 2. The second-order valence-corrected chi connectivity index (χ2v) is 6.04. The van der Waals surface area contributed by atoms with E-state index >= 15 is 0 Å². The van der Waals surface area contributed by atoms with Crippen molar-refractivity contribution in [1.29, 1.82) is 0 Å². The molecule has 3 aromatic rings. The smallest absolute Gasteiger partial charge is 0.251 e. The van der Waals surface area contributed by atoms with Crippen LogP contribution in [0, 0.1) is 20.8 Å². The average Bonchev–Trinajstić information content (AvgIpc) is 2.82. The third-order valence-electron chi connectivity index (χ3n) is 4.79. The Labute approximate surface area is 144 Å². The molecule has 0 aliphatic carbocycles. The van der Waals surface area contributed by atoms with Crippen molar-refractivity contribution in [2.75, 3.05) is 0 Å². The van der Waals surface area contributed by atoms with Crippen molar-refractivity contribution in [2.24, 2.45) is 7.05 Å². The first kappa shape index (κ1) is 18.1. The molecule has 1 N–H and O–H groups in total. The second-order valence-electron chi connectivity index (χ2n) is 6.04. The highest BCUT2D eigenvalue weighted by molar-refractivity contribution is 5.89. The summed E-state index contributed by atoms with van der Waals surface area (Å²) in [6.45, 7) is 12.3. The second kappa shape index (κ2) is 7.08. The van der Waals surface area contributed by atoms with Crippen molar-refractivity contribution in [3.05, 3.63) is 57.0 Å². The number of fused-ring (bicyclic) bond motifs is 1. The normalized spacial score (nSPS) is 10.6. The number of nitrogens with zero attached hydrogens (tertiary/aromatic N) is 1. The minimum Gasteiger partial charge on any atom is -0.348 e. The predicted molar refractivity (Wildman–Crippen MR) is 104 cm³/mol. The molecule has 3 rings (SSSR count). The molecule has 0 spiro atoms. The van der Waals surface area contributed by atoms with Gasteiger partial charge in [0.1, 0.15) is 0 Å². The number of aryl methyl sites for hydroxylation is 4. The Morgan fingerprint density at radius 3 is 2.38 bits per heavy atom. The summed E-state index contributed by atoms with van der Waals surface area (Å²) in [4.78, 5) is 15.1. The SMILES string of the molecule is CC.CCc1cc(C)c(=O)[nH]c1-c1ccc2c(c1)c(C)c(C)n2C. The van der Waals surface area contributed by atoms with Crippen molar-refractivity contribution in [3.8, 4) is 11.3 Å². The van der Waals surface area contributed by atoms with E-state index in [9.17, 15) is 4.79 Å². The summed E-state index contributed by atoms with van der Waals surface area (Å²) in [5, 5.41) is 1.25. The van der Waals surface area contributed by atoms with Gasteiger partial charge in [0.2, 0.25) is 0 Å². The lowest BCUT2D eigenvalue weighted by atomic mass is 10.0. The summed E-state index contributed by atoms with van der Waals surface area (Å²) in [6.07, 6.45) is 0.901. The lowest BCUT2D eigenvalue weighted by Gasteiger charge is -2.10. The van der Waals surface area contributed by atoms with Gasteiger partial charge in [-0.25, -0.2) is 0 Å². The van der Waals surface area contributed by atoms with Gasteiger partial charge < -0.3 is 9.55 Å². The van der Waals surface area contributed by atoms with Gasteiger partial charge in [0.15, 0.2) is 0 Å². The zero-order valence-corrected chi connectivity index (χ0v) is 15.9. The van der Waals surface area contributed by atoms with E-state index < -0.39 is 0 Å². The zero-order valence-electron chi connectivity index (χ0n) is 15.9. The molecule has 128 valence electrons. The van der Waals surface area contributed by atoms with E-state index in [0.29, 0.717) is 0 Å². The summed E-state index contributed by atoms with van der Waals surface area (Å²) in [6, 6.07) is 8.43. The van der Waals surface area contributed by atoms with Gasteiger partial charge in [-0.3, -0.25) is 4.79 Å². The third kappa shape index (κ3) is 2.91. The van der Waals surface area contributed by atoms with Gasteiger partial charge in [0.25, 0.3) is 5.56 Å². The molecule has 24 heavy (non-hydrogen) atoms. The van der Waals surface area contributed by atoms with Crippen LogP contribution in [0.2, 0.25) is 0 Å². The Bertz CT molecular complexity index is 929. The van der Waals surface area contributed by atoms with Crippen LogP contribution < -0.4 is 5.56 Å². The molecule has 0 saturated carbocycles. The van der Waals surface area contributed by atoms with Crippen molar-refractivity contribution in [2.45, 2.75) is 48.0 Å². The van der Waals surface area contributed by atoms with Gasteiger partial charge in [-0.1, -0.05) is 26.8 Å². The topological polar surface area (TPSA) is 37.8 Å². The number of rotatable bonds is 2. The summed E-state index contributed by atoms with van der Waals surface area (Å²) < 4.78 is 2.22. The Kier molecular flexibility index (Phi) is 5.33. The molecule has 3 nitrogen and oxygen atoms in total. The van der Waals surface area contributed by atoms with Crippen LogP contribution in [-0.4, -0.2) is 9.55 Å². The Balaban J connectivity index is 0.00000100. The van der Waals surface area contributed by atoms with E-state index in [2.05, 4.69) is 55.6 Å². The van der Waals surface area contributed by atoms with Gasteiger partial charge in [-0.15, -0.1) is 0 Å². The maximum absolute atomic E-state index is 12.0. The Hall–Kier alpha value is -2.29. The summed E-state index contributed by atoms with van der Waals surface area (Å²) >= 11 is 0. The average molecular weight is 324 g/mol. The minimum absolute atomic E-state index is 0.00624. The summed E-state index contributed by atoms with van der Waals surface area (Å²) in [7, 11) is 2.09. The van der Waals surface area contributed by atoms with Crippen molar-refractivity contribution < 1.29 is 0 Å². The highest BCUT2D eigenvalue weighted by Gasteiger charge is 2.12. The molecule has 0 aliphatic heterocycles. The maximum atomic E-state index is 12.0. The number of pyridine rings is 1. The number of aromatic amines is 1. The third-order valence-corrected chi connectivity index (χ3v) is 4.79. The van der Waals surface area contributed by atoms with Crippen LogP contribution >= 0.6 is 0 Å². The lowest BCUT2D eigenvalue weighted by molar-refractivity contribution is 0.910. The molecule has 0 radical (unpaired) electrons. The van der Waals surface area contributed by atoms with E-state index in [0.717, 1.165) is 23.2 Å². The van der Waals surface area contributed by atoms with E-state index in [4.69, 9.17) is 0 Å². The quantitative estimate of drug-likeness (QED) is 0.704. The van der Waals surface area contributed by atoms with Gasteiger partial charge in [-0.05, 0) is 62.1 Å². The van der Waals surface area contributed by atoms with Gasteiger partial charge >= 0.3 is 0 Å². The fourth-order valence-electron chi connectivity index (χ4n) is 3.14. The van der Waals surface area contributed by atoms with E-state index in [-0.39, 0.29) is 5.56 Å². The molecule has 2 aromatic heterocycles. The first-order valence-corrected chi connectivity index (χ1v) is 8.72. The molecule has 0 unspecified atom stereocenters. The van der Waals surface area contributed by atoms with Gasteiger partial charge in [-0.2, -0.15) is 0 Å². The molecule has 0 fully saturated rings. The Morgan fingerprint density at radius 2 is 1.75 bits per heavy atom. The maximum Gasteiger partial charge on any atom is 0.251 e. The highest BCUT2D eigenvalue weighted by Crippen LogP contribution is 2.30. The Morgan fingerprint density at radius 1 is 1.08 bits per heavy atom. The van der Waals surface area contributed by atoms with Gasteiger partial charge in [0, 0.05) is 29.2 Å². The fraction of sp³-hybridized carbons (Fsp3) is 0.381. The molecule has 2 heterocycles. The lowest BCUT2D eigenvalue weighted by Crippen LogP contribution is -2.12. The van der Waals surface area contributed by atoms with E-state index in [1.165, 1.54) is 27.7 Å². The summed E-state index contributed by atoms with van der Waals surface area (Å²) in [5.74, 6) is 0. The van der Waals surface area contributed by atoms with Crippen LogP contribution in [0.1, 0.15) is 43.2 Å². The molecule has 0 bridgehead atoms. The highest BCUT2D eigenvalue weighted by atomic mass is 16.1. The molecule has 0 saturated heterocycles. The van der Waals surface area contributed by atoms with Crippen LogP contribution in [0.3, 0.4) is 0 Å². The van der Waals surface area contributed by atoms with E-state index in [1.54, 1.807) is 0 Å². The molecular formula is C21H28N2O. The van der Waals surface area contributed by atoms with Crippen molar-refractivity contribution >= 4 is 10.9 Å². The van der Waals surface area contributed by atoms with Crippen LogP contribution in [0.15, 0.2) is 29.1 Å². The molecule has 3 heteroatoms. The van der Waals surface area contributed by atoms with Crippen molar-refractivity contribution in [1.82, 2.24) is 9.55 Å². The number of benzene rings is 1. The molecule has 0 amide bonds. The largest absolute Gasteiger partial charge is 0.348 e. The van der Waals surface area contributed by atoms with Crippen LogP contribution in [0.25, 0.3) is 22.2 Å². The summed E-state index contributed by atoms with van der Waals surface area (Å²) in [5.41, 5.74) is 7.78. The fourth-order valence-corrected chi connectivity index (χ4v) is 3.14. The predicted octanol–water partition coefficient (Wildman–Crippen LogP) is 5.05.